The molecule has 0 saturated heterocycles. The number of ether oxygens (including phenoxy) is 1. The number of rotatable bonds is 5. The van der Waals surface area contributed by atoms with Crippen LogP contribution in [0.5, 0.6) is 5.75 Å². The van der Waals surface area contributed by atoms with Gasteiger partial charge in [0.2, 0.25) is 0 Å². The van der Waals surface area contributed by atoms with Crippen molar-refractivity contribution in [2.45, 2.75) is 12.8 Å². The zero-order chi connectivity index (χ0) is 16.4. The Bertz CT molecular complexity index is 814. The Kier molecular flexibility index (Phi) is 4.66. The van der Waals surface area contributed by atoms with Gasteiger partial charge in [0.05, 0.1) is 17.9 Å². The van der Waals surface area contributed by atoms with E-state index in [1.54, 1.807) is 36.1 Å². The molecule has 0 atom stereocenters. The minimum absolute atomic E-state index is 0.0963. The first-order chi connectivity index (χ1) is 10.2. The molecule has 9 heteroatoms. The lowest BCUT2D eigenvalue weighted by Gasteiger charge is -2.18. The summed E-state index contributed by atoms with van der Waals surface area (Å²) in [5.74, 6) is 0.371. The van der Waals surface area contributed by atoms with E-state index in [-0.39, 0.29) is 5.84 Å². The molecule has 0 unspecified atom stereocenters. The van der Waals surface area contributed by atoms with Crippen molar-refractivity contribution in [1.29, 1.82) is 0 Å². The zero-order valence-electron chi connectivity index (χ0n) is 12.4. The van der Waals surface area contributed by atoms with Gasteiger partial charge in [-0.15, -0.1) is 4.40 Å². The van der Waals surface area contributed by atoms with Gasteiger partial charge < -0.3 is 10.5 Å². The van der Waals surface area contributed by atoms with Crippen molar-refractivity contribution in [3.63, 3.8) is 0 Å². The lowest BCUT2D eigenvalue weighted by atomic mass is 10.1. The van der Waals surface area contributed by atoms with Crippen molar-refractivity contribution in [3.05, 3.63) is 23.8 Å². The first kappa shape index (κ1) is 16.6. The third-order valence-corrected chi connectivity index (χ3v) is 4.82. The maximum absolute atomic E-state index is 11.5. The average molecular weight is 345 g/mol. The molecular weight excluding hydrogens is 326 g/mol. The van der Waals surface area contributed by atoms with E-state index >= 15 is 0 Å². The van der Waals surface area contributed by atoms with Crippen molar-refractivity contribution < 1.29 is 17.4 Å². The van der Waals surface area contributed by atoms with Gasteiger partial charge in [-0.05, 0) is 39.9 Å². The summed E-state index contributed by atoms with van der Waals surface area (Å²) in [6.45, 7) is 0.405. The minimum atomic E-state index is -3.79. The van der Waals surface area contributed by atoms with E-state index in [2.05, 4.69) is 9.12 Å². The fraction of sp³-hybridized carbons (Fsp3) is 0.385. The summed E-state index contributed by atoms with van der Waals surface area (Å²) in [6, 6.07) is 4.97. The molecule has 7 nitrogen and oxygen atoms in total. The van der Waals surface area contributed by atoms with Crippen LogP contribution in [0, 0.1) is 0 Å². The highest BCUT2D eigenvalue weighted by molar-refractivity contribution is 8.00. The largest absolute Gasteiger partial charge is 0.493 e. The van der Waals surface area contributed by atoms with Crippen LogP contribution < -0.4 is 15.2 Å². The van der Waals surface area contributed by atoms with Gasteiger partial charge in [0.25, 0.3) is 0 Å². The molecule has 0 bridgehead atoms. The molecule has 0 aliphatic carbocycles. The topological polar surface area (TPSA) is 111 Å². The molecule has 22 heavy (non-hydrogen) atoms. The molecule has 122 valence electrons. The van der Waals surface area contributed by atoms with Gasteiger partial charge in [-0.3, -0.25) is 8.93 Å². The van der Waals surface area contributed by atoms with Gasteiger partial charge in [0.1, 0.15) is 5.75 Å². The normalized spacial score (nSPS) is 16.2. The first-order valence-electron chi connectivity index (χ1n) is 6.60. The molecule has 0 aromatic heterocycles. The zero-order valence-corrected chi connectivity index (χ0v) is 14.0. The van der Waals surface area contributed by atoms with Crippen molar-refractivity contribution in [3.8, 4) is 5.75 Å². The van der Waals surface area contributed by atoms with Crippen LogP contribution in [-0.2, 0) is 19.7 Å². The van der Waals surface area contributed by atoms with Crippen molar-refractivity contribution in [1.82, 2.24) is 0 Å². The van der Waals surface area contributed by atoms with E-state index in [0.717, 1.165) is 0 Å². The number of nitrogens with zero attached hydrogens (tertiary/aromatic N) is 1. The number of amidine groups is 1. The fourth-order valence-corrected chi connectivity index (χ4v) is 3.55. The van der Waals surface area contributed by atoms with E-state index in [9.17, 15) is 12.6 Å². The molecule has 1 aliphatic heterocycles. The van der Waals surface area contributed by atoms with Crippen molar-refractivity contribution in [2.75, 3.05) is 23.8 Å². The van der Waals surface area contributed by atoms with E-state index in [1.165, 1.54) is 0 Å². The fourth-order valence-electron chi connectivity index (χ4n) is 1.97. The number of unbranched alkanes of at least 4 members (excludes halogenated alkanes) is 1. The molecule has 1 heterocycles. The first-order valence-corrected chi connectivity index (χ1v) is 10.5. The Labute approximate surface area is 130 Å². The highest BCUT2D eigenvalue weighted by atomic mass is 32.2. The Morgan fingerprint density at radius 2 is 2.14 bits per heavy atom. The number of hydrogen-bond acceptors (Lipinski definition) is 5. The lowest BCUT2D eigenvalue weighted by molar-refractivity contribution is 0.314. The predicted octanol–water partition coefficient (Wildman–Crippen LogP) is 0.567. The van der Waals surface area contributed by atoms with Crippen LogP contribution in [0.2, 0.25) is 0 Å². The summed E-state index contributed by atoms with van der Waals surface area (Å²) < 4.78 is 45.9. The molecular formula is C13H19N3O4S2. The van der Waals surface area contributed by atoms with E-state index < -0.39 is 19.7 Å². The maximum atomic E-state index is 11.5. The third-order valence-electron chi connectivity index (χ3n) is 2.87. The molecule has 1 aromatic rings. The number of fused-ring (bicyclic) bond motifs is 1. The molecule has 1 aromatic carbocycles. The molecule has 0 fully saturated rings. The van der Waals surface area contributed by atoms with E-state index in [1.807, 2.05) is 0 Å². The van der Waals surface area contributed by atoms with Crippen molar-refractivity contribution >= 4 is 36.6 Å². The van der Waals surface area contributed by atoms with Crippen LogP contribution in [0.3, 0.4) is 0 Å². The van der Waals surface area contributed by atoms with Gasteiger partial charge in [-0.2, -0.15) is 8.42 Å². The van der Waals surface area contributed by atoms with Crippen molar-refractivity contribution in [2.24, 2.45) is 10.1 Å². The second-order valence-electron chi connectivity index (χ2n) is 5.20. The summed E-state index contributed by atoms with van der Waals surface area (Å²) in [5.41, 5.74) is 6.51. The number of hydrogen-bond donors (Lipinski definition) is 2. The van der Waals surface area contributed by atoms with Crippen LogP contribution in [0.15, 0.2) is 22.6 Å². The SMILES string of the molecule is CS(C)(=O)=CCCCOc1cccc2c1C(N)=NS(=O)(=O)N2. The quantitative estimate of drug-likeness (QED) is 0.598. The maximum Gasteiger partial charge on any atom is 0.344 e. The number of nitrogens with two attached hydrogens (primary N) is 1. The number of nitrogens with one attached hydrogen (secondary N) is 1. The molecule has 0 amide bonds. The number of benzene rings is 1. The second kappa shape index (κ2) is 6.17. The Balaban J connectivity index is 2.10. The molecule has 2 rings (SSSR count). The van der Waals surface area contributed by atoms with Gasteiger partial charge in [0.15, 0.2) is 5.84 Å². The summed E-state index contributed by atoms with van der Waals surface area (Å²) in [4.78, 5) is 0. The average Bonchev–Trinajstić information content (AvgIpc) is 2.35. The number of anilines is 1. The van der Waals surface area contributed by atoms with Crippen LogP contribution in [-0.4, -0.2) is 42.9 Å². The Morgan fingerprint density at radius 1 is 1.41 bits per heavy atom. The summed E-state index contributed by atoms with van der Waals surface area (Å²) >= 11 is 0. The van der Waals surface area contributed by atoms with Gasteiger partial charge in [-0.25, -0.2) is 0 Å². The monoisotopic (exact) mass is 345 g/mol. The molecule has 1 aliphatic rings. The van der Waals surface area contributed by atoms with Gasteiger partial charge in [-0.1, -0.05) is 6.07 Å². The minimum Gasteiger partial charge on any atom is -0.493 e. The second-order valence-corrected chi connectivity index (χ2v) is 9.49. The Morgan fingerprint density at radius 3 is 2.82 bits per heavy atom. The highest BCUT2D eigenvalue weighted by Crippen LogP contribution is 2.30. The predicted molar refractivity (Wildman–Crippen MR) is 90.5 cm³/mol. The lowest BCUT2D eigenvalue weighted by Crippen LogP contribution is -2.27. The summed E-state index contributed by atoms with van der Waals surface area (Å²) in [5, 5.41) is 1.78. The van der Waals surface area contributed by atoms with Crippen LogP contribution in [0.4, 0.5) is 5.69 Å². The van der Waals surface area contributed by atoms with E-state index in [0.29, 0.717) is 36.4 Å². The summed E-state index contributed by atoms with van der Waals surface area (Å²) in [7, 11) is -5.64. The van der Waals surface area contributed by atoms with Crippen LogP contribution >= 0.6 is 0 Å². The van der Waals surface area contributed by atoms with Crippen LogP contribution in [0.1, 0.15) is 18.4 Å². The highest BCUT2D eigenvalue weighted by Gasteiger charge is 2.24. The smallest absolute Gasteiger partial charge is 0.344 e. The summed E-state index contributed by atoms with van der Waals surface area (Å²) in [6.07, 6.45) is 4.75. The molecule has 0 saturated carbocycles. The van der Waals surface area contributed by atoms with Gasteiger partial charge >= 0.3 is 10.2 Å². The molecule has 0 radical (unpaired) electrons. The molecule has 0 spiro atoms. The third kappa shape index (κ3) is 4.38. The standard InChI is InChI=1S/C13H19N3O4S2/c1-21(2,17)9-4-3-8-20-11-7-5-6-10-12(11)13(14)16-22(18,19)15-10/h5-7,9,15H,3-4,8H2,1-2H3,(H2,14,16). The van der Waals surface area contributed by atoms with Crippen LogP contribution in [0.25, 0.3) is 0 Å². The van der Waals surface area contributed by atoms with Gasteiger partial charge in [0, 0.05) is 12.5 Å². The Hall–Kier alpha value is -1.74. The van der Waals surface area contributed by atoms with E-state index in [4.69, 9.17) is 10.5 Å². The molecule has 3 N–H and O–H groups in total.